The van der Waals surface area contributed by atoms with E-state index in [-0.39, 0.29) is 18.1 Å². The minimum absolute atomic E-state index is 0.231. The van der Waals surface area contributed by atoms with Gasteiger partial charge in [-0.05, 0) is 18.8 Å². The first-order valence-corrected chi connectivity index (χ1v) is 6.16. The van der Waals surface area contributed by atoms with Crippen molar-refractivity contribution in [3.8, 4) is 0 Å². The van der Waals surface area contributed by atoms with E-state index in [0.29, 0.717) is 17.6 Å². The minimum atomic E-state index is -1.01. The number of carboxylic acid groups (broad SMARTS) is 1. The molecule has 1 aliphatic rings. The maximum Gasteiger partial charge on any atom is 0.323 e. The summed E-state index contributed by atoms with van der Waals surface area (Å²) < 4.78 is 0. The zero-order valence-electron chi connectivity index (χ0n) is 9.13. The lowest BCUT2D eigenvalue weighted by molar-refractivity contribution is -0.137. The fraction of sp³-hybridized carbons (Fsp3) is 0.500. The third-order valence-electron chi connectivity index (χ3n) is 2.53. The molecule has 0 aromatic carbocycles. The highest BCUT2D eigenvalue weighted by Crippen LogP contribution is 2.30. The Morgan fingerprint density at radius 2 is 2.29 bits per heavy atom. The van der Waals surface area contributed by atoms with Crippen LogP contribution in [0.4, 0.5) is 5.13 Å². The first-order valence-electron chi connectivity index (χ1n) is 5.28. The Bertz CT molecular complexity index is 442. The number of amides is 1. The average molecular weight is 255 g/mol. The molecule has 1 amide bonds. The number of anilines is 1. The van der Waals surface area contributed by atoms with Crippen LogP contribution in [0, 0.1) is 5.92 Å². The summed E-state index contributed by atoms with van der Waals surface area (Å²) in [5.41, 5.74) is 5.68. The van der Waals surface area contributed by atoms with Gasteiger partial charge in [0.2, 0.25) is 0 Å². The molecular weight excluding hydrogens is 242 g/mol. The number of nitrogen functional groups attached to an aromatic ring is 1. The SMILES string of the molecule is Nc1nc(C(=O)N(CC(=O)O)CC2CC2)cs1. The van der Waals surface area contributed by atoms with Crippen LogP contribution in [0.25, 0.3) is 0 Å². The van der Waals surface area contributed by atoms with Gasteiger partial charge in [-0.15, -0.1) is 11.3 Å². The van der Waals surface area contributed by atoms with Gasteiger partial charge < -0.3 is 15.7 Å². The van der Waals surface area contributed by atoms with Gasteiger partial charge in [0.25, 0.3) is 5.91 Å². The van der Waals surface area contributed by atoms with Crippen molar-refractivity contribution >= 4 is 28.3 Å². The molecule has 0 radical (unpaired) electrons. The summed E-state index contributed by atoms with van der Waals surface area (Å²) in [5.74, 6) is -0.927. The molecule has 1 saturated carbocycles. The molecule has 7 heteroatoms. The van der Waals surface area contributed by atoms with Crippen LogP contribution < -0.4 is 5.73 Å². The Morgan fingerprint density at radius 1 is 1.59 bits per heavy atom. The van der Waals surface area contributed by atoms with E-state index in [4.69, 9.17) is 10.8 Å². The second-order valence-corrected chi connectivity index (χ2v) is 4.98. The fourth-order valence-corrected chi connectivity index (χ4v) is 2.08. The molecule has 2 rings (SSSR count). The minimum Gasteiger partial charge on any atom is -0.480 e. The van der Waals surface area contributed by atoms with Crippen molar-refractivity contribution in [2.24, 2.45) is 5.92 Å². The zero-order valence-corrected chi connectivity index (χ0v) is 9.94. The van der Waals surface area contributed by atoms with Gasteiger partial charge in [-0.25, -0.2) is 4.98 Å². The average Bonchev–Trinajstić information content (AvgIpc) is 2.96. The van der Waals surface area contributed by atoms with Crippen molar-refractivity contribution in [3.05, 3.63) is 11.1 Å². The monoisotopic (exact) mass is 255 g/mol. The molecule has 3 N–H and O–H groups in total. The number of thiazole rings is 1. The lowest BCUT2D eigenvalue weighted by Crippen LogP contribution is -2.37. The highest BCUT2D eigenvalue weighted by Gasteiger charge is 2.29. The first-order chi connectivity index (χ1) is 8.06. The van der Waals surface area contributed by atoms with Gasteiger partial charge in [-0.3, -0.25) is 9.59 Å². The number of rotatable bonds is 5. The van der Waals surface area contributed by atoms with Crippen LogP contribution in [0.2, 0.25) is 0 Å². The van der Waals surface area contributed by atoms with E-state index in [9.17, 15) is 9.59 Å². The van der Waals surface area contributed by atoms with Crippen molar-refractivity contribution in [2.45, 2.75) is 12.8 Å². The summed E-state index contributed by atoms with van der Waals surface area (Å²) in [6, 6.07) is 0. The zero-order chi connectivity index (χ0) is 12.4. The Morgan fingerprint density at radius 3 is 2.76 bits per heavy atom. The van der Waals surface area contributed by atoms with Crippen LogP contribution >= 0.6 is 11.3 Å². The summed E-state index contributed by atoms with van der Waals surface area (Å²) in [7, 11) is 0. The van der Waals surface area contributed by atoms with Crippen LogP contribution in [-0.4, -0.2) is 40.0 Å². The molecule has 0 bridgehead atoms. The number of carbonyl (C=O) groups excluding carboxylic acids is 1. The quantitative estimate of drug-likeness (QED) is 0.805. The molecule has 0 spiro atoms. The summed E-state index contributed by atoms with van der Waals surface area (Å²) in [6.07, 6.45) is 2.12. The maximum atomic E-state index is 12.0. The second-order valence-electron chi connectivity index (χ2n) is 4.09. The van der Waals surface area contributed by atoms with E-state index in [1.807, 2.05) is 0 Å². The lowest BCUT2D eigenvalue weighted by atomic mass is 10.3. The standard InChI is InChI=1S/C10H13N3O3S/c11-10-12-7(5-17-10)9(16)13(4-8(14)15)3-6-1-2-6/h5-6H,1-4H2,(H2,11,12)(H,14,15). The summed E-state index contributed by atoms with van der Waals surface area (Å²) >= 11 is 1.18. The first kappa shape index (κ1) is 11.8. The Hall–Kier alpha value is -1.63. The number of aromatic nitrogens is 1. The fourth-order valence-electron chi connectivity index (χ4n) is 1.54. The molecular formula is C10H13N3O3S. The van der Waals surface area contributed by atoms with E-state index < -0.39 is 5.97 Å². The van der Waals surface area contributed by atoms with Gasteiger partial charge in [0.15, 0.2) is 5.13 Å². The van der Waals surface area contributed by atoms with E-state index in [1.165, 1.54) is 16.2 Å². The maximum absolute atomic E-state index is 12.0. The molecule has 1 aromatic rings. The highest BCUT2D eigenvalue weighted by molar-refractivity contribution is 7.13. The van der Waals surface area contributed by atoms with Crippen molar-refractivity contribution in [1.29, 1.82) is 0 Å². The molecule has 0 saturated heterocycles. The van der Waals surface area contributed by atoms with E-state index in [1.54, 1.807) is 5.38 Å². The summed E-state index contributed by atoms with van der Waals surface area (Å²) in [5, 5.41) is 10.7. The molecule has 1 heterocycles. The predicted octanol–water partition coefficient (Wildman–Crippen LogP) is 0.662. The van der Waals surface area contributed by atoms with Crippen LogP contribution in [0.5, 0.6) is 0 Å². The summed E-state index contributed by atoms with van der Waals surface area (Å²) in [6.45, 7) is 0.204. The molecule has 1 aliphatic carbocycles. The number of carboxylic acids is 1. The number of hydrogen-bond acceptors (Lipinski definition) is 5. The second kappa shape index (κ2) is 4.70. The smallest absolute Gasteiger partial charge is 0.323 e. The Balaban J connectivity index is 2.07. The van der Waals surface area contributed by atoms with Crippen molar-refractivity contribution in [2.75, 3.05) is 18.8 Å². The highest BCUT2D eigenvalue weighted by atomic mass is 32.1. The molecule has 1 aromatic heterocycles. The number of carbonyl (C=O) groups is 2. The number of hydrogen-bond donors (Lipinski definition) is 2. The Kier molecular flexibility index (Phi) is 3.28. The van der Waals surface area contributed by atoms with Crippen molar-refractivity contribution in [3.63, 3.8) is 0 Å². The number of nitrogens with zero attached hydrogens (tertiary/aromatic N) is 2. The molecule has 0 atom stereocenters. The van der Waals surface area contributed by atoms with Gasteiger partial charge in [0.05, 0.1) is 0 Å². The van der Waals surface area contributed by atoms with Crippen LogP contribution in [0.3, 0.4) is 0 Å². The van der Waals surface area contributed by atoms with Crippen molar-refractivity contribution < 1.29 is 14.7 Å². The van der Waals surface area contributed by atoms with Gasteiger partial charge in [-0.2, -0.15) is 0 Å². The van der Waals surface area contributed by atoms with Gasteiger partial charge in [0.1, 0.15) is 12.2 Å². The topological polar surface area (TPSA) is 96.5 Å². The largest absolute Gasteiger partial charge is 0.480 e. The van der Waals surface area contributed by atoms with Gasteiger partial charge in [0, 0.05) is 11.9 Å². The Labute approximate surface area is 102 Å². The van der Waals surface area contributed by atoms with Crippen LogP contribution in [0.15, 0.2) is 5.38 Å². The van der Waals surface area contributed by atoms with Crippen LogP contribution in [0.1, 0.15) is 23.3 Å². The van der Waals surface area contributed by atoms with E-state index >= 15 is 0 Å². The molecule has 6 nitrogen and oxygen atoms in total. The lowest BCUT2D eigenvalue weighted by Gasteiger charge is -2.19. The van der Waals surface area contributed by atoms with Crippen LogP contribution in [-0.2, 0) is 4.79 Å². The molecule has 0 aliphatic heterocycles. The third-order valence-corrected chi connectivity index (χ3v) is 3.20. The molecule has 17 heavy (non-hydrogen) atoms. The number of aliphatic carboxylic acids is 1. The van der Waals surface area contributed by atoms with Gasteiger partial charge in [-0.1, -0.05) is 0 Å². The van der Waals surface area contributed by atoms with Gasteiger partial charge >= 0.3 is 5.97 Å². The van der Waals surface area contributed by atoms with Crippen molar-refractivity contribution in [1.82, 2.24) is 9.88 Å². The number of nitrogens with two attached hydrogens (primary N) is 1. The molecule has 1 fully saturated rings. The summed E-state index contributed by atoms with van der Waals surface area (Å²) in [4.78, 5) is 27.9. The van der Waals surface area contributed by atoms with E-state index in [0.717, 1.165) is 12.8 Å². The predicted molar refractivity (Wildman–Crippen MR) is 62.8 cm³/mol. The molecule has 0 unspecified atom stereocenters. The molecule has 92 valence electrons. The normalized spacial score (nSPS) is 14.6. The third kappa shape index (κ3) is 3.16. The van der Waals surface area contributed by atoms with E-state index in [2.05, 4.69) is 4.98 Å².